The number of hydrogen-bond acceptors (Lipinski definition) is 3. The van der Waals surface area contributed by atoms with E-state index in [0.29, 0.717) is 18.6 Å². The van der Waals surface area contributed by atoms with Gasteiger partial charge < -0.3 is 19.5 Å². The van der Waals surface area contributed by atoms with Gasteiger partial charge in [-0.25, -0.2) is 4.98 Å². The lowest BCUT2D eigenvalue weighted by atomic mass is 10.1. The first-order valence-corrected chi connectivity index (χ1v) is 8.71. The second-order valence-electron chi connectivity index (χ2n) is 6.43. The number of aromatic nitrogens is 2. The van der Waals surface area contributed by atoms with Crippen molar-refractivity contribution in [2.24, 2.45) is 10.9 Å². The third-order valence-corrected chi connectivity index (χ3v) is 4.12. The van der Waals surface area contributed by atoms with E-state index in [2.05, 4.69) is 45.5 Å². The Bertz CT molecular complexity index is 495. The molecular weight excluding hydrogens is 417 g/mol. The third-order valence-electron chi connectivity index (χ3n) is 4.12. The van der Waals surface area contributed by atoms with Gasteiger partial charge in [-0.1, -0.05) is 13.8 Å². The molecule has 1 aromatic heterocycles. The fourth-order valence-electron chi connectivity index (χ4n) is 3.03. The number of rotatable bonds is 6. The van der Waals surface area contributed by atoms with Crippen LogP contribution in [0.2, 0.25) is 0 Å². The summed E-state index contributed by atoms with van der Waals surface area (Å²) in [5, 5.41) is 3.45. The molecule has 0 spiro atoms. The molecule has 6 nitrogen and oxygen atoms in total. The van der Waals surface area contributed by atoms with Gasteiger partial charge in [0.15, 0.2) is 5.96 Å². The van der Waals surface area contributed by atoms with Gasteiger partial charge in [-0.15, -0.1) is 24.0 Å². The fraction of sp³-hybridized carbons (Fsp3) is 0.765. The summed E-state index contributed by atoms with van der Waals surface area (Å²) in [5.41, 5.74) is 0. The predicted octanol–water partition coefficient (Wildman–Crippen LogP) is 2.73. The highest BCUT2D eigenvalue weighted by atomic mass is 127. The number of imidazole rings is 1. The van der Waals surface area contributed by atoms with E-state index in [1.165, 1.54) is 0 Å². The van der Waals surface area contributed by atoms with Crippen molar-refractivity contribution in [1.29, 1.82) is 0 Å². The topological polar surface area (TPSA) is 54.7 Å². The van der Waals surface area contributed by atoms with Gasteiger partial charge in [0.2, 0.25) is 0 Å². The number of halogens is 1. The van der Waals surface area contributed by atoms with Crippen LogP contribution in [0, 0.1) is 5.92 Å². The summed E-state index contributed by atoms with van der Waals surface area (Å²) in [7, 11) is 1.84. The molecule has 24 heavy (non-hydrogen) atoms. The lowest BCUT2D eigenvalue weighted by Gasteiger charge is -2.34. The van der Waals surface area contributed by atoms with E-state index in [0.717, 1.165) is 50.9 Å². The Hall–Kier alpha value is -0.830. The molecule has 7 heteroatoms. The number of likely N-dealkylation sites (tertiary alicyclic amines) is 1. The molecule has 2 rings (SSSR count). The van der Waals surface area contributed by atoms with Crippen molar-refractivity contribution in [3.05, 3.63) is 18.2 Å². The number of piperidine rings is 1. The van der Waals surface area contributed by atoms with Gasteiger partial charge in [-0.3, -0.25) is 4.99 Å². The van der Waals surface area contributed by atoms with Crippen LogP contribution in [-0.2, 0) is 17.8 Å². The largest absolute Gasteiger partial charge is 0.378 e. The smallest absolute Gasteiger partial charge is 0.194 e. The molecule has 0 amide bonds. The summed E-state index contributed by atoms with van der Waals surface area (Å²) >= 11 is 0. The van der Waals surface area contributed by atoms with Crippen molar-refractivity contribution in [2.75, 3.05) is 26.7 Å². The Morgan fingerprint density at radius 1 is 1.42 bits per heavy atom. The normalized spacial score (nSPS) is 16.4. The molecule has 1 saturated heterocycles. The van der Waals surface area contributed by atoms with E-state index < -0.39 is 0 Å². The molecule has 0 unspecified atom stereocenters. The van der Waals surface area contributed by atoms with Crippen LogP contribution in [0.15, 0.2) is 17.4 Å². The first kappa shape index (κ1) is 21.2. The van der Waals surface area contributed by atoms with Gasteiger partial charge in [0.05, 0.1) is 12.6 Å². The second kappa shape index (κ2) is 10.9. The lowest BCUT2D eigenvalue weighted by molar-refractivity contribution is 0.0263. The summed E-state index contributed by atoms with van der Waals surface area (Å²) in [6.07, 6.45) is 6.45. The Labute approximate surface area is 163 Å². The fourth-order valence-corrected chi connectivity index (χ4v) is 3.03. The van der Waals surface area contributed by atoms with E-state index in [-0.39, 0.29) is 24.0 Å². The quantitative estimate of drug-likeness (QED) is 0.412. The van der Waals surface area contributed by atoms with Gasteiger partial charge in [0.25, 0.3) is 0 Å². The molecule has 1 aliphatic rings. The molecule has 1 fully saturated rings. The summed E-state index contributed by atoms with van der Waals surface area (Å²) in [4.78, 5) is 11.2. The SMILES string of the molecule is CCOC1CCN(C(=NC)NCc2nccn2CC(C)C)CC1.I. The van der Waals surface area contributed by atoms with Crippen molar-refractivity contribution >= 4 is 29.9 Å². The van der Waals surface area contributed by atoms with Crippen LogP contribution >= 0.6 is 24.0 Å². The van der Waals surface area contributed by atoms with E-state index in [1.54, 1.807) is 0 Å². The molecule has 138 valence electrons. The molecule has 1 N–H and O–H groups in total. The number of aliphatic imine (C=N–C) groups is 1. The molecule has 1 aliphatic heterocycles. The lowest BCUT2D eigenvalue weighted by Crippen LogP contribution is -2.47. The maximum atomic E-state index is 5.72. The summed E-state index contributed by atoms with van der Waals surface area (Å²) in [5.74, 6) is 2.63. The zero-order chi connectivity index (χ0) is 16.7. The number of nitrogens with one attached hydrogen (secondary N) is 1. The van der Waals surface area contributed by atoms with Crippen LogP contribution in [0.25, 0.3) is 0 Å². The van der Waals surface area contributed by atoms with Crippen LogP contribution in [0.1, 0.15) is 39.4 Å². The average Bonchev–Trinajstić information content (AvgIpc) is 2.96. The molecule has 0 saturated carbocycles. The van der Waals surface area contributed by atoms with Crippen LogP contribution in [0.5, 0.6) is 0 Å². The third kappa shape index (κ3) is 6.23. The second-order valence-corrected chi connectivity index (χ2v) is 6.43. The molecule has 0 aromatic carbocycles. The van der Waals surface area contributed by atoms with E-state index in [9.17, 15) is 0 Å². The molecule has 0 aliphatic carbocycles. The predicted molar refractivity (Wildman–Crippen MR) is 109 cm³/mol. The highest BCUT2D eigenvalue weighted by Gasteiger charge is 2.21. The Balaban J connectivity index is 0.00000288. The number of ether oxygens (including phenoxy) is 1. The maximum Gasteiger partial charge on any atom is 0.194 e. The van der Waals surface area contributed by atoms with Crippen LogP contribution < -0.4 is 5.32 Å². The molecule has 0 bridgehead atoms. The summed E-state index contributed by atoms with van der Waals surface area (Å²) < 4.78 is 7.93. The summed E-state index contributed by atoms with van der Waals surface area (Å²) in [6.45, 7) is 11.0. The highest BCUT2D eigenvalue weighted by Crippen LogP contribution is 2.14. The average molecular weight is 449 g/mol. The summed E-state index contributed by atoms with van der Waals surface area (Å²) in [6, 6.07) is 0. The van der Waals surface area contributed by atoms with Crippen LogP contribution in [0.3, 0.4) is 0 Å². The van der Waals surface area contributed by atoms with Crippen molar-refractivity contribution in [2.45, 2.75) is 52.8 Å². The molecule has 1 aromatic rings. The maximum absolute atomic E-state index is 5.72. The molecule has 2 heterocycles. The zero-order valence-electron chi connectivity index (χ0n) is 15.4. The van der Waals surface area contributed by atoms with Crippen molar-refractivity contribution in [1.82, 2.24) is 19.8 Å². The minimum atomic E-state index is 0. The molecular formula is C17H32IN5O. The van der Waals surface area contributed by atoms with Crippen molar-refractivity contribution < 1.29 is 4.74 Å². The number of guanidine groups is 1. The van der Waals surface area contributed by atoms with E-state index in [1.807, 2.05) is 19.4 Å². The Morgan fingerprint density at radius 2 is 2.12 bits per heavy atom. The van der Waals surface area contributed by atoms with E-state index in [4.69, 9.17) is 4.74 Å². The van der Waals surface area contributed by atoms with Gasteiger partial charge in [-0.2, -0.15) is 0 Å². The van der Waals surface area contributed by atoms with Gasteiger partial charge in [-0.05, 0) is 25.7 Å². The molecule has 0 atom stereocenters. The molecule has 0 radical (unpaired) electrons. The first-order chi connectivity index (χ1) is 11.1. The standard InChI is InChI=1S/C17H31N5O.HI/c1-5-23-15-6-9-21(10-7-15)17(18-4)20-12-16-19-8-11-22(16)13-14(2)3;/h8,11,14-15H,5-7,9-10,12-13H2,1-4H3,(H,18,20);1H. The van der Waals surface area contributed by atoms with Crippen LogP contribution in [0.4, 0.5) is 0 Å². The highest BCUT2D eigenvalue weighted by molar-refractivity contribution is 14.0. The first-order valence-electron chi connectivity index (χ1n) is 8.71. The Morgan fingerprint density at radius 3 is 2.71 bits per heavy atom. The Kier molecular flexibility index (Phi) is 9.65. The van der Waals surface area contributed by atoms with Crippen molar-refractivity contribution in [3.8, 4) is 0 Å². The van der Waals surface area contributed by atoms with Crippen LogP contribution in [-0.4, -0.2) is 53.3 Å². The van der Waals surface area contributed by atoms with Crippen molar-refractivity contribution in [3.63, 3.8) is 0 Å². The van der Waals surface area contributed by atoms with E-state index >= 15 is 0 Å². The van der Waals surface area contributed by atoms with Gasteiger partial charge >= 0.3 is 0 Å². The van der Waals surface area contributed by atoms with Gasteiger partial charge in [0.1, 0.15) is 5.82 Å². The van der Waals surface area contributed by atoms with Gasteiger partial charge in [0, 0.05) is 45.7 Å². The minimum Gasteiger partial charge on any atom is -0.378 e. The number of hydrogen-bond donors (Lipinski definition) is 1. The monoisotopic (exact) mass is 449 g/mol. The number of nitrogens with zero attached hydrogens (tertiary/aromatic N) is 4. The minimum absolute atomic E-state index is 0. The zero-order valence-corrected chi connectivity index (χ0v) is 17.7.